The minimum Gasteiger partial charge on any atom is -0.383 e. The zero-order valence-corrected chi connectivity index (χ0v) is 13.5. The summed E-state index contributed by atoms with van der Waals surface area (Å²) in [6.07, 6.45) is 0. The van der Waals surface area contributed by atoms with Gasteiger partial charge in [0.25, 0.3) is 0 Å². The average Bonchev–Trinajstić information content (AvgIpc) is 2.41. The molecule has 2 unspecified atom stereocenters. The number of hydrogen-bond donors (Lipinski definition) is 1. The molecule has 1 rings (SSSR count). The molecule has 0 aliphatic carbocycles. The number of ether oxygens (including phenoxy) is 1. The van der Waals surface area contributed by atoms with Crippen molar-refractivity contribution in [3.8, 4) is 0 Å². The number of halogens is 1. The maximum atomic E-state index is 13.9. The number of anilines is 1. The van der Waals surface area contributed by atoms with Crippen molar-refractivity contribution in [2.45, 2.75) is 39.8 Å². The van der Waals surface area contributed by atoms with Crippen LogP contribution in [0.1, 0.15) is 37.9 Å². The van der Waals surface area contributed by atoms with Crippen LogP contribution in [-0.4, -0.2) is 33.4 Å². The van der Waals surface area contributed by atoms with Gasteiger partial charge in [0.05, 0.1) is 6.61 Å². The predicted octanol–water partition coefficient (Wildman–Crippen LogP) is 3.28. The second-order valence-electron chi connectivity index (χ2n) is 5.35. The first kappa shape index (κ1) is 16.9. The molecule has 4 heteroatoms. The second-order valence-corrected chi connectivity index (χ2v) is 5.35. The Kier molecular flexibility index (Phi) is 6.43. The SMILES string of the molecule is CCNC(C)c1cc(F)c(C)cc1N(C)C(C)COC. The fraction of sp³-hybridized carbons (Fsp3) is 0.625. The largest absolute Gasteiger partial charge is 0.383 e. The van der Waals surface area contributed by atoms with E-state index in [1.54, 1.807) is 20.1 Å². The van der Waals surface area contributed by atoms with E-state index >= 15 is 0 Å². The standard InChI is InChI=1S/C16H27FN2O/c1-7-18-13(4)14-9-15(17)11(2)8-16(14)19(5)12(3)10-20-6/h8-9,12-13,18H,7,10H2,1-6H3. The molecule has 0 amide bonds. The highest BCUT2D eigenvalue weighted by molar-refractivity contribution is 5.57. The molecule has 0 aliphatic heterocycles. The molecule has 0 spiro atoms. The number of rotatable bonds is 7. The molecule has 1 N–H and O–H groups in total. The molecule has 3 nitrogen and oxygen atoms in total. The normalized spacial score (nSPS) is 14.2. The van der Waals surface area contributed by atoms with Crippen molar-refractivity contribution in [2.24, 2.45) is 0 Å². The van der Waals surface area contributed by atoms with E-state index in [9.17, 15) is 4.39 Å². The van der Waals surface area contributed by atoms with E-state index in [0.717, 1.165) is 17.8 Å². The quantitative estimate of drug-likeness (QED) is 0.830. The number of methoxy groups -OCH3 is 1. The number of likely N-dealkylation sites (N-methyl/N-ethyl adjacent to an activating group) is 1. The maximum Gasteiger partial charge on any atom is 0.126 e. The van der Waals surface area contributed by atoms with Crippen molar-refractivity contribution >= 4 is 5.69 Å². The summed E-state index contributed by atoms with van der Waals surface area (Å²) in [6, 6.07) is 3.92. The first-order valence-corrected chi connectivity index (χ1v) is 7.17. The van der Waals surface area contributed by atoms with Gasteiger partial charge >= 0.3 is 0 Å². The zero-order valence-electron chi connectivity index (χ0n) is 13.5. The number of nitrogens with one attached hydrogen (secondary N) is 1. The summed E-state index contributed by atoms with van der Waals surface area (Å²) in [6.45, 7) is 9.51. The lowest BCUT2D eigenvalue weighted by atomic mass is 10.0. The van der Waals surface area contributed by atoms with Crippen LogP contribution in [0.4, 0.5) is 10.1 Å². The van der Waals surface area contributed by atoms with Gasteiger partial charge < -0.3 is 15.0 Å². The van der Waals surface area contributed by atoms with Crippen LogP contribution in [0.5, 0.6) is 0 Å². The Balaban J connectivity index is 3.18. The van der Waals surface area contributed by atoms with Crippen molar-refractivity contribution in [2.75, 3.05) is 32.2 Å². The third kappa shape index (κ3) is 3.93. The summed E-state index contributed by atoms with van der Waals surface area (Å²) in [5, 5.41) is 3.35. The van der Waals surface area contributed by atoms with Crippen LogP contribution in [0.2, 0.25) is 0 Å². The van der Waals surface area contributed by atoms with Crippen molar-refractivity contribution in [3.05, 3.63) is 29.1 Å². The van der Waals surface area contributed by atoms with Gasteiger partial charge in [-0.2, -0.15) is 0 Å². The molecular weight excluding hydrogens is 255 g/mol. The van der Waals surface area contributed by atoms with Crippen LogP contribution >= 0.6 is 0 Å². The van der Waals surface area contributed by atoms with Crippen LogP contribution < -0.4 is 10.2 Å². The summed E-state index contributed by atoms with van der Waals surface area (Å²) in [4.78, 5) is 2.15. The van der Waals surface area contributed by atoms with Gasteiger partial charge in [0, 0.05) is 31.9 Å². The predicted molar refractivity (Wildman–Crippen MR) is 83.0 cm³/mol. The summed E-state index contributed by atoms with van der Waals surface area (Å²) >= 11 is 0. The lowest BCUT2D eigenvalue weighted by Gasteiger charge is -2.31. The second kappa shape index (κ2) is 7.60. The van der Waals surface area contributed by atoms with Gasteiger partial charge in [-0.1, -0.05) is 6.92 Å². The summed E-state index contributed by atoms with van der Waals surface area (Å²) < 4.78 is 19.1. The van der Waals surface area contributed by atoms with E-state index < -0.39 is 0 Å². The van der Waals surface area contributed by atoms with Crippen LogP contribution in [0.25, 0.3) is 0 Å². The number of nitrogens with zero attached hydrogens (tertiary/aromatic N) is 1. The van der Waals surface area contributed by atoms with E-state index in [4.69, 9.17) is 4.74 Å². The average molecular weight is 282 g/mol. The summed E-state index contributed by atoms with van der Waals surface area (Å²) in [5.41, 5.74) is 2.71. The molecule has 0 saturated heterocycles. The number of aryl methyl sites for hydroxylation is 1. The third-order valence-electron chi connectivity index (χ3n) is 3.73. The van der Waals surface area contributed by atoms with Gasteiger partial charge in [0.15, 0.2) is 0 Å². The number of hydrogen-bond acceptors (Lipinski definition) is 3. The van der Waals surface area contributed by atoms with Crippen LogP contribution in [-0.2, 0) is 4.74 Å². The van der Waals surface area contributed by atoms with Crippen molar-refractivity contribution in [1.82, 2.24) is 5.32 Å². The Hall–Kier alpha value is -1.13. The smallest absolute Gasteiger partial charge is 0.126 e. The molecule has 0 fully saturated rings. The molecule has 2 atom stereocenters. The van der Waals surface area contributed by atoms with Gasteiger partial charge in [0.2, 0.25) is 0 Å². The first-order valence-electron chi connectivity index (χ1n) is 7.17. The molecule has 0 radical (unpaired) electrons. The van der Waals surface area contributed by atoms with E-state index in [-0.39, 0.29) is 17.9 Å². The fourth-order valence-electron chi connectivity index (χ4n) is 2.34. The number of benzene rings is 1. The monoisotopic (exact) mass is 282 g/mol. The minimum atomic E-state index is -0.152. The molecule has 0 bridgehead atoms. The lowest BCUT2D eigenvalue weighted by Crippen LogP contribution is -2.34. The van der Waals surface area contributed by atoms with E-state index in [1.165, 1.54) is 0 Å². The Morgan fingerprint density at radius 1 is 1.35 bits per heavy atom. The third-order valence-corrected chi connectivity index (χ3v) is 3.73. The first-order chi connectivity index (χ1) is 9.42. The highest BCUT2D eigenvalue weighted by Gasteiger charge is 2.18. The summed E-state index contributed by atoms with van der Waals surface area (Å²) in [7, 11) is 3.72. The lowest BCUT2D eigenvalue weighted by molar-refractivity contribution is 0.183. The highest BCUT2D eigenvalue weighted by Crippen LogP contribution is 2.29. The molecule has 0 heterocycles. The molecular formula is C16H27FN2O. The van der Waals surface area contributed by atoms with Crippen LogP contribution in [0.15, 0.2) is 12.1 Å². The van der Waals surface area contributed by atoms with Gasteiger partial charge in [-0.15, -0.1) is 0 Å². The molecule has 114 valence electrons. The molecule has 1 aromatic rings. The van der Waals surface area contributed by atoms with Crippen molar-refractivity contribution < 1.29 is 9.13 Å². The van der Waals surface area contributed by atoms with Crippen molar-refractivity contribution in [1.29, 1.82) is 0 Å². The minimum absolute atomic E-state index is 0.113. The van der Waals surface area contributed by atoms with Gasteiger partial charge in [-0.05, 0) is 50.6 Å². The highest BCUT2D eigenvalue weighted by atomic mass is 19.1. The van der Waals surface area contributed by atoms with Gasteiger partial charge in [0.1, 0.15) is 5.82 Å². The Labute approximate surface area is 122 Å². The molecule has 0 aromatic heterocycles. The van der Waals surface area contributed by atoms with E-state index in [1.807, 2.05) is 13.1 Å². The van der Waals surface area contributed by atoms with Gasteiger partial charge in [-0.25, -0.2) is 4.39 Å². The summed E-state index contributed by atoms with van der Waals surface area (Å²) in [5.74, 6) is -0.152. The maximum absolute atomic E-state index is 13.9. The van der Waals surface area contributed by atoms with Crippen LogP contribution in [0, 0.1) is 12.7 Å². The van der Waals surface area contributed by atoms with Gasteiger partial charge in [-0.3, -0.25) is 0 Å². The van der Waals surface area contributed by atoms with E-state index in [2.05, 4.69) is 31.0 Å². The zero-order chi connectivity index (χ0) is 15.3. The molecule has 0 aliphatic rings. The topological polar surface area (TPSA) is 24.5 Å². The molecule has 0 saturated carbocycles. The Bertz CT molecular complexity index is 437. The Morgan fingerprint density at radius 2 is 2.00 bits per heavy atom. The Morgan fingerprint density at radius 3 is 2.55 bits per heavy atom. The molecule has 20 heavy (non-hydrogen) atoms. The fourth-order valence-corrected chi connectivity index (χ4v) is 2.34. The van der Waals surface area contributed by atoms with Crippen molar-refractivity contribution in [3.63, 3.8) is 0 Å². The van der Waals surface area contributed by atoms with E-state index in [0.29, 0.717) is 12.2 Å². The molecule has 1 aromatic carbocycles. The van der Waals surface area contributed by atoms with Crippen LogP contribution in [0.3, 0.4) is 0 Å².